The Balaban J connectivity index is 1.64. The molecule has 0 unspecified atom stereocenters. The predicted molar refractivity (Wildman–Crippen MR) is 132 cm³/mol. The molecule has 3 N–H and O–H groups in total. The summed E-state index contributed by atoms with van der Waals surface area (Å²) < 4.78 is 0.921. The number of oxime groups is 1. The average molecular weight is 504 g/mol. The van der Waals surface area contributed by atoms with Crippen molar-refractivity contribution in [2.75, 3.05) is 5.32 Å². The van der Waals surface area contributed by atoms with Crippen LogP contribution in [-0.4, -0.2) is 28.7 Å². The Morgan fingerprint density at radius 3 is 2.42 bits per heavy atom. The predicted octanol–water partition coefficient (Wildman–Crippen LogP) is 4.86. The lowest BCUT2D eigenvalue weighted by atomic mass is 9.91. The van der Waals surface area contributed by atoms with E-state index in [9.17, 15) is 14.8 Å². The first-order chi connectivity index (χ1) is 16.0. The average Bonchev–Trinajstić information content (AvgIpc) is 2.82. The number of benzene rings is 3. The highest BCUT2D eigenvalue weighted by Crippen LogP contribution is 2.23. The molecule has 4 rings (SSSR count). The van der Waals surface area contributed by atoms with Gasteiger partial charge in [0.2, 0.25) is 11.7 Å². The molecule has 3 aromatic rings. The molecule has 1 aliphatic rings. The van der Waals surface area contributed by atoms with Gasteiger partial charge in [-0.2, -0.15) is 0 Å². The second kappa shape index (κ2) is 9.83. The number of aryl methyl sites for hydroxylation is 1. The molecule has 0 saturated heterocycles. The van der Waals surface area contributed by atoms with E-state index < -0.39 is 6.04 Å². The molecule has 166 valence electrons. The monoisotopic (exact) mass is 503 g/mol. The lowest BCUT2D eigenvalue weighted by molar-refractivity contribution is -0.117. The van der Waals surface area contributed by atoms with Gasteiger partial charge in [0.05, 0.1) is 5.70 Å². The summed E-state index contributed by atoms with van der Waals surface area (Å²) >= 11 is 3.43. The highest BCUT2D eigenvalue weighted by molar-refractivity contribution is 9.10. The molecule has 0 saturated carbocycles. The summed E-state index contributed by atoms with van der Waals surface area (Å²) in [5.74, 6) is -0.539. The Morgan fingerprint density at radius 1 is 1.03 bits per heavy atom. The summed E-state index contributed by atoms with van der Waals surface area (Å²) in [6.45, 7) is 1.91. The number of rotatable bonds is 6. The van der Waals surface area contributed by atoms with Gasteiger partial charge in [0, 0.05) is 27.7 Å². The van der Waals surface area contributed by atoms with Crippen molar-refractivity contribution in [2.24, 2.45) is 5.16 Å². The molecular formula is C26H22BrN3O3. The van der Waals surface area contributed by atoms with Crippen molar-refractivity contribution < 1.29 is 14.8 Å². The van der Waals surface area contributed by atoms with Crippen LogP contribution in [0.5, 0.6) is 0 Å². The maximum Gasteiger partial charge on any atom is 0.247 e. The van der Waals surface area contributed by atoms with E-state index in [4.69, 9.17) is 0 Å². The zero-order chi connectivity index (χ0) is 23.4. The van der Waals surface area contributed by atoms with Gasteiger partial charge in [-0.05, 0) is 42.3 Å². The normalized spacial score (nSPS) is 14.9. The third-order valence-corrected chi connectivity index (χ3v) is 5.95. The number of carbonyl (C=O) groups is 2. The van der Waals surface area contributed by atoms with E-state index in [0.29, 0.717) is 23.2 Å². The quantitative estimate of drug-likeness (QED) is 0.331. The number of anilines is 1. The van der Waals surface area contributed by atoms with Crippen LogP contribution >= 0.6 is 15.9 Å². The van der Waals surface area contributed by atoms with Crippen molar-refractivity contribution in [3.8, 4) is 0 Å². The van der Waals surface area contributed by atoms with E-state index >= 15 is 0 Å². The van der Waals surface area contributed by atoms with Crippen LogP contribution in [0.25, 0.3) is 0 Å². The lowest BCUT2D eigenvalue weighted by Gasteiger charge is -2.24. The zero-order valence-corrected chi connectivity index (χ0v) is 19.5. The number of nitrogens with zero attached hydrogens (tertiary/aromatic N) is 1. The number of ketones is 1. The number of halogens is 1. The van der Waals surface area contributed by atoms with E-state index in [0.717, 1.165) is 15.6 Å². The molecule has 0 radical (unpaired) electrons. The summed E-state index contributed by atoms with van der Waals surface area (Å²) in [5, 5.41) is 18.9. The number of hydrogen-bond acceptors (Lipinski definition) is 5. The minimum Gasteiger partial charge on any atom is -0.410 e. The van der Waals surface area contributed by atoms with Crippen molar-refractivity contribution in [3.63, 3.8) is 0 Å². The van der Waals surface area contributed by atoms with E-state index in [2.05, 4.69) is 31.7 Å². The van der Waals surface area contributed by atoms with Gasteiger partial charge in [-0.1, -0.05) is 75.7 Å². The Morgan fingerprint density at radius 2 is 1.73 bits per heavy atom. The summed E-state index contributed by atoms with van der Waals surface area (Å²) in [4.78, 5) is 26.5. The molecule has 0 fully saturated rings. The van der Waals surface area contributed by atoms with Crippen LogP contribution < -0.4 is 10.6 Å². The molecule has 33 heavy (non-hydrogen) atoms. The summed E-state index contributed by atoms with van der Waals surface area (Å²) in [6, 6.07) is 21.4. The number of allylic oxidation sites excluding steroid dienone is 2. The third-order valence-electron chi connectivity index (χ3n) is 5.46. The molecule has 0 heterocycles. The fourth-order valence-corrected chi connectivity index (χ4v) is 4.23. The maximum absolute atomic E-state index is 13.3. The van der Waals surface area contributed by atoms with Gasteiger partial charge < -0.3 is 15.8 Å². The summed E-state index contributed by atoms with van der Waals surface area (Å²) in [5.41, 5.74) is 3.96. The number of nitrogens with one attached hydrogen (secondary N) is 2. The van der Waals surface area contributed by atoms with Crippen molar-refractivity contribution >= 4 is 39.0 Å². The van der Waals surface area contributed by atoms with Gasteiger partial charge in [0.1, 0.15) is 11.8 Å². The standard InChI is InChI=1S/C26H22BrN3O3/c1-16-13-18(27)11-12-21(16)29-26(32)24(14-17-7-3-2-4-8-17)28-23-15-22(30-33)19-9-5-6-10-20(19)25(23)31/h2-13,15,24,28,33H,14H2,1H3,(H,29,32)/t24-/m1/s1. The molecule has 1 aliphatic carbocycles. The fraction of sp³-hybridized carbons (Fsp3) is 0.115. The molecule has 3 aromatic carbocycles. The molecule has 0 aliphatic heterocycles. The smallest absolute Gasteiger partial charge is 0.247 e. The van der Waals surface area contributed by atoms with Crippen LogP contribution in [0.2, 0.25) is 0 Å². The van der Waals surface area contributed by atoms with Crippen molar-refractivity contribution in [2.45, 2.75) is 19.4 Å². The first-order valence-corrected chi connectivity index (χ1v) is 11.2. The topological polar surface area (TPSA) is 90.8 Å². The van der Waals surface area contributed by atoms with E-state index in [1.54, 1.807) is 24.3 Å². The van der Waals surface area contributed by atoms with E-state index in [1.807, 2.05) is 55.5 Å². The van der Waals surface area contributed by atoms with Crippen LogP contribution in [0.3, 0.4) is 0 Å². The number of carbonyl (C=O) groups excluding carboxylic acids is 2. The number of hydrogen-bond donors (Lipinski definition) is 3. The van der Waals surface area contributed by atoms with Gasteiger partial charge in [-0.25, -0.2) is 0 Å². The SMILES string of the molecule is Cc1cc(Br)ccc1NC(=O)[C@@H](Cc1ccccc1)NC1=CC(=NO)c2ccccc2C1=O. The minimum absolute atomic E-state index is 0.199. The summed E-state index contributed by atoms with van der Waals surface area (Å²) in [7, 11) is 0. The Labute approximate surface area is 200 Å². The van der Waals surface area contributed by atoms with Crippen molar-refractivity contribution in [1.82, 2.24) is 5.32 Å². The Bertz CT molecular complexity index is 1270. The lowest BCUT2D eigenvalue weighted by Crippen LogP contribution is -2.44. The second-order valence-corrected chi connectivity index (χ2v) is 8.67. The second-order valence-electron chi connectivity index (χ2n) is 7.75. The molecule has 1 amide bonds. The van der Waals surface area contributed by atoms with Gasteiger partial charge in [-0.3, -0.25) is 9.59 Å². The fourth-order valence-electron chi connectivity index (χ4n) is 3.75. The van der Waals surface area contributed by atoms with Gasteiger partial charge >= 0.3 is 0 Å². The summed E-state index contributed by atoms with van der Waals surface area (Å²) in [6.07, 6.45) is 1.83. The Kier molecular flexibility index (Phi) is 6.70. The Hall–Kier alpha value is -3.71. The minimum atomic E-state index is -0.740. The number of fused-ring (bicyclic) bond motifs is 1. The van der Waals surface area contributed by atoms with Crippen LogP contribution in [0, 0.1) is 6.92 Å². The highest BCUT2D eigenvalue weighted by atomic mass is 79.9. The van der Waals surface area contributed by atoms with E-state index in [-0.39, 0.29) is 23.1 Å². The number of Topliss-reactive ketones (excluding diaryl/α,β-unsaturated/α-hetero) is 1. The molecule has 0 aromatic heterocycles. The number of amides is 1. The largest absolute Gasteiger partial charge is 0.410 e. The van der Waals surface area contributed by atoms with Crippen molar-refractivity contribution in [3.05, 3.63) is 111 Å². The molecule has 0 bridgehead atoms. The first-order valence-electron chi connectivity index (χ1n) is 10.4. The molecular weight excluding hydrogens is 482 g/mol. The van der Waals surface area contributed by atoms with Gasteiger partial charge in [0.15, 0.2) is 0 Å². The van der Waals surface area contributed by atoms with E-state index in [1.165, 1.54) is 6.08 Å². The molecule has 0 spiro atoms. The highest BCUT2D eigenvalue weighted by Gasteiger charge is 2.28. The van der Waals surface area contributed by atoms with Crippen LogP contribution in [0.15, 0.2) is 94.2 Å². The maximum atomic E-state index is 13.3. The third kappa shape index (κ3) is 5.04. The molecule has 1 atom stereocenters. The van der Waals surface area contributed by atoms with Gasteiger partial charge in [0.25, 0.3) is 0 Å². The zero-order valence-electron chi connectivity index (χ0n) is 17.9. The van der Waals surface area contributed by atoms with Crippen LogP contribution in [0.1, 0.15) is 27.0 Å². The molecule has 7 heteroatoms. The molecule has 6 nitrogen and oxygen atoms in total. The van der Waals surface area contributed by atoms with Crippen LogP contribution in [-0.2, 0) is 11.2 Å². The van der Waals surface area contributed by atoms with Crippen molar-refractivity contribution in [1.29, 1.82) is 0 Å². The van der Waals surface area contributed by atoms with Gasteiger partial charge in [-0.15, -0.1) is 0 Å². The van der Waals surface area contributed by atoms with Crippen LogP contribution in [0.4, 0.5) is 5.69 Å². The first kappa shape index (κ1) is 22.5.